The largest absolute Gasteiger partial charge is 0.394 e. The number of carbonyl (C=O) groups is 2. The van der Waals surface area contributed by atoms with Gasteiger partial charge in [-0.05, 0) is 0 Å². The number of aliphatic hydroxyl groups excluding tert-OH is 1. The molecule has 3 rings (SSSR count). The molecular formula is C12H13NO5. The zero-order valence-corrected chi connectivity index (χ0v) is 9.67. The van der Waals surface area contributed by atoms with Crippen LogP contribution in [0.25, 0.3) is 0 Å². The lowest BCUT2D eigenvalue weighted by molar-refractivity contribution is -0.143. The maximum atomic E-state index is 12.1. The van der Waals surface area contributed by atoms with Gasteiger partial charge in [-0.1, -0.05) is 11.8 Å². The van der Waals surface area contributed by atoms with E-state index in [1.807, 2.05) is 0 Å². The summed E-state index contributed by atoms with van der Waals surface area (Å²) in [6, 6.07) is 0. The maximum absolute atomic E-state index is 12.1. The molecule has 2 fully saturated rings. The molecular weight excluding hydrogens is 238 g/mol. The lowest BCUT2D eigenvalue weighted by atomic mass is 9.87. The highest BCUT2D eigenvalue weighted by Gasteiger charge is 2.60. The first-order chi connectivity index (χ1) is 8.74. The van der Waals surface area contributed by atoms with E-state index in [0.717, 1.165) is 0 Å². The van der Waals surface area contributed by atoms with E-state index in [9.17, 15) is 9.59 Å². The number of rotatable bonds is 5. The number of amides is 2. The van der Waals surface area contributed by atoms with Gasteiger partial charge in [0.15, 0.2) is 0 Å². The maximum Gasteiger partial charge on any atom is 0.236 e. The van der Waals surface area contributed by atoms with Crippen molar-refractivity contribution in [3.05, 3.63) is 0 Å². The fourth-order valence-electron chi connectivity index (χ4n) is 2.69. The Balaban J connectivity index is 1.65. The average molecular weight is 251 g/mol. The first-order valence-electron chi connectivity index (χ1n) is 5.94. The summed E-state index contributed by atoms with van der Waals surface area (Å²) in [6.45, 7) is 0.609. The molecule has 3 aliphatic rings. The molecule has 0 aromatic rings. The second-order valence-electron chi connectivity index (χ2n) is 4.48. The van der Waals surface area contributed by atoms with Crippen LogP contribution in [-0.4, -0.2) is 60.4 Å². The van der Waals surface area contributed by atoms with E-state index in [2.05, 4.69) is 11.8 Å². The minimum Gasteiger partial charge on any atom is -0.394 e. The van der Waals surface area contributed by atoms with Crippen molar-refractivity contribution in [2.24, 2.45) is 11.8 Å². The number of aliphatic hydroxyl groups is 1. The molecule has 6 heteroatoms. The van der Waals surface area contributed by atoms with Crippen molar-refractivity contribution in [1.29, 1.82) is 0 Å². The molecule has 3 heterocycles. The molecule has 2 amide bonds. The van der Waals surface area contributed by atoms with Gasteiger partial charge in [0.1, 0.15) is 12.2 Å². The van der Waals surface area contributed by atoms with Crippen molar-refractivity contribution in [1.82, 2.24) is 4.90 Å². The third-order valence-corrected chi connectivity index (χ3v) is 3.50. The van der Waals surface area contributed by atoms with Gasteiger partial charge in [0.05, 0.1) is 38.2 Å². The van der Waals surface area contributed by atoms with Gasteiger partial charge in [0.2, 0.25) is 11.8 Å². The predicted molar refractivity (Wildman–Crippen MR) is 58.0 cm³/mol. The van der Waals surface area contributed by atoms with Gasteiger partial charge in [-0.2, -0.15) is 0 Å². The molecule has 2 saturated heterocycles. The first-order valence-corrected chi connectivity index (χ1v) is 5.94. The van der Waals surface area contributed by atoms with E-state index in [0.29, 0.717) is 0 Å². The van der Waals surface area contributed by atoms with Crippen molar-refractivity contribution < 1.29 is 24.2 Å². The molecule has 0 aromatic carbocycles. The number of likely N-dealkylation sites (tertiary alicyclic amines) is 1. The van der Waals surface area contributed by atoms with Gasteiger partial charge >= 0.3 is 0 Å². The molecule has 18 heavy (non-hydrogen) atoms. The van der Waals surface area contributed by atoms with Crippen LogP contribution in [0.2, 0.25) is 0 Å². The van der Waals surface area contributed by atoms with E-state index < -0.39 is 24.0 Å². The highest BCUT2D eigenvalue weighted by molar-refractivity contribution is 6.06. The van der Waals surface area contributed by atoms with Crippen LogP contribution in [0, 0.1) is 23.7 Å². The summed E-state index contributed by atoms with van der Waals surface area (Å²) in [7, 11) is 0. The minimum absolute atomic E-state index is 0.0705. The fourth-order valence-corrected chi connectivity index (χ4v) is 2.69. The number of ether oxygens (including phenoxy) is 2. The standard InChI is InChI=1S/C12H13NO5/c14-4-6-17-5-3-13-11(15)9-7-1-2-8(18-7)10(9)12(13)16/h7-10,14H,3-6H2/t7-,8?,9?,10?/m1/s1. The van der Waals surface area contributed by atoms with Gasteiger partial charge in [0.25, 0.3) is 0 Å². The number of hydrogen-bond acceptors (Lipinski definition) is 5. The van der Waals surface area contributed by atoms with E-state index in [1.54, 1.807) is 0 Å². The summed E-state index contributed by atoms with van der Waals surface area (Å²) in [5.41, 5.74) is 0. The van der Waals surface area contributed by atoms with Gasteiger partial charge in [-0.25, -0.2) is 0 Å². The van der Waals surface area contributed by atoms with Crippen LogP contribution in [-0.2, 0) is 19.1 Å². The Labute approximate surface area is 104 Å². The van der Waals surface area contributed by atoms with Crippen molar-refractivity contribution in [2.45, 2.75) is 12.2 Å². The molecule has 0 saturated carbocycles. The molecule has 0 aliphatic carbocycles. The predicted octanol–water partition coefficient (Wildman–Crippen LogP) is -1.62. The van der Waals surface area contributed by atoms with Crippen LogP contribution in [0.1, 0.15) is 0 Å². The van der Waals surface area contributed by atoms with Crippen molar-refractivity contribution in [3.63, 3.8) is 0 Å². The van der Waals surface area contributed by atoms with Crippen LogP contribution >= 0.6 is 0 Å². The SMILES string of the molecule is O=C1C2C3C#C[C@@H](O3)C2C(=O)N1CCOCCO. The van der Waals surface area contributed by atoms with Crippen molar-refractivity contribution >= 4 is 11.8 Å². The summed E-state index contributed by atoms with van der Waals surface area (Å²) in [4.78, 5) is 25.4. The molecule has 1 N–H and O–H groups in total. The average Bonchev–Trinajstić information content (AvgIpc) is 3.02. The molecule has 4 atom stereocenters. The Morgan fingerprint density at radius 2 is 1.78 bits per heavy atom. The minimum atomic E-state index is -0.429. The molecule has 0 aromatic heterocycles. The van der Waals surface area contributed by atoms with Gasteiger partial charge < -0.3 is 14.6 Å². The Morgan fingerprint density at radius 1 is 1.17 bits per heavy atom. The lowest BCUT2D eigenvalue weighted by Gasteiger charge is -2.16. The van der Waals surface area contributed by atoms with Crippen molar-refractivity contribution in [2.75, 3.05) is 26.4 Å². The topological polar surface area (TPSA) is 76.1 Å². The Hall–Kier alpha value is -1.42. The van der Waals surface area contributed by atoms with Crippen LogP contribution in [0.15, 0.2) is 0 Å². The van der Waals surface area contributed by atoms with Crippen LogP contribution in [0.5, 0.6) is 0 Å². The molecule has 3 unspecified atom stereocenters. The van der Waals surface area contributed by atoms with Crippen LogP contribution in [0.4, 0.5) is 0 Å². The Morgan fingerprint density at radius 3 is 2.33 bits per heavy atom. The second-order valence-corrected chi connectivity index (χ2v) is 4.48. The third kappa shape index (κ3) is 1.56. The summed E-state index contributed by atoms with van der Waals surface area (Å²) >= 11 is 0. The summed E-state index contributed by atoms with van der Waals surface area (Å²) in [5, 5.41) is 8.57. The van der Waals surface area contributed by atoms with Gasteiger partial charge in [-0.15, -0.1) is 0 Å². The second kappa shape index (κ2) is 4.35. The number of hydrogen-bond donors (Lipinski definition) is 1. The first kappa shape index (κ1) is 11.7. The molecule has 0 radical (unpaired) electrons. The Kier molecular flexibility index (Phi) is 2.82. The smallest absolute Gasteiger partial charge is 0.236 e. The monoisotopic (exact) mass is 251 g/mol. The quantitative estimate of drug-likeness (QED) is 0.361. The lowest BCUT2D eigenvalue weighted by Crippen LogP contribution is -2.37. The number of imide groups is 1. The number of nitrogens with zero attached hydrogens (tertiary/aromatic N) is 1. The molecule has 0 spiro atoms. The van der Waals surface area contributed by atoms with Gasteiger partial charge in [0, 0.05) is 0 Å². The fraction of sp³-hybridized carbons (Fsp3) is 0.667. The zero-order chi connectivity index (χ0) is 12.7. The number of carbonyl (C=O) groups excluding carboxylic acids is 2. The highest BCUT2D eigenvalue weighted by atomic mass is 16.5. The summed E-state index contributed by atoms with van der Waals surface area (Å²) < 4.78 is 10.5. The summed E-state index contributed by atoms with van der Waals surface area (Å²) in [5.74, 6) is 4.40. The molecule has 96 valence electrons. The van der Waals surface area contributed by atoms with Crippen molar-refractivity contribution in [3.8, 4) is 11.8 Å². The molecule has 2 bridgehead atoms. The Bertz CT molecular complexity index is 419. The molecule has 3 aliphatic heterocycles. The molecule has 6 nitrogen and oxygen atoms in total. The third-order valence-electron chi connectivity index (χ3n) is 3.50. The zero-order valence-electron chi connectivity index (χ0n) is 9.67. The van der Waals surface area contributed by atoms with E-state index >= 15 is 0 Å². The highest BCUT2D eigenvalue weighted by Crippen LogP contribution is 2.42. The van der Waals surface area contributed by atoms with Crippen LogP contribution < -0.4 is 0 Å². The van der Waals surface area contributed by atoms with E-state index in [-0.39, 0.29) is 38.2 Å². The summed E-state index contributed by atoms with van der Waals surface area (Å²) in [6.07, 6.45) is -0.834. The van der Waals surface area contributed by atoms with Gasteiger partial charge in [-0.3, -0.25) is 14.5 Å². The normalized spacial score (nSPS) is 35.9. The van der Waals surface area contributed by atoms with E-state index in [1.165, 1.54) is 4.90 Å². The number of fused-ring (bicyclic) bond motifs is 5. The van der Waals surface area contributed by atoms with Crippen LogP contribution in [0.3, 0.4) is 0 Å². The van der Waals surface area contributed by atoms with E-state index in [4.69, 9.17) is 14.6 Å².